The molecule has 1 heterocycles. The smallest absolute Gasteiger partial charge is 0.0803 e. The van der Waals surface area contributed by atoms with E-state index < -0.39 is 0 Å². The molecule has 2 aromatic rings. The molecule has 0 amide bonds. The summed E-state index contributed by atoms with van der Waals surface area (Å²) in [6, 6.07) is 12.9. The van der Waals surface area contributed by atoms with E-state index >= 15 is 0 Å². The first-order valence-corrected chi connectivity index (χ1v) is 9.35. The lowest BCUT2D eigenvalue weighted by molar-refractivity contribution is 0.203. The van der Waals surface area contributed by atoms with Crippen LogP contribution in [0.3, 0.4) is 0 Å². The molecule has 0 saturated carbocycles. The van der Waals surface area contributed by atoms with Crippen LogP contribution in [0.2, 0.25) is 0 Å². The fourth-order valence-electron chi connectivity index (χ4n) is 2.80. The Morgan fingerprint density at radius 1 is 1.17 bits per heavy atom. The van der Waals surface area contributed by atoms with Gasteiger partial charge in [0.05, 0.1) is 3.70 Å². The lowest BCUT2D eigenvalue weighted by Gasteiger charge is -2.26. The van der Waals surface area contributed by atoms with E-state index in [9.17, 15) is 0 Å². The molecule has 0 saturated heterocycles. The van der Waals surface area contributed by atoms with Gasteiger partial charge in [0.15, 0.2) is 0 Å². The van der Waals surface area contributed by atoms with Crippen LogP contribution in [0, 0.1) is 11.8 Å². The van der Waals surface area contributed by atoms with Crippen molar-refractivity contribution in [3.63, 3.8) is 0 Å². The summed E-state index contributed by atoms with van der Waals surface area (Å²) in [7, 11) is 2.07. The minimum absolute atomic E-state index is 0.594. The molecule has 0 aliphatic rings. The van der Waals surface area contributed by atoms with Crippen LogP contribution in [0.25, 0.3) is 11.1 Å². The van der Waals surface area contributed by atoms with Gasteiger partial charge in [0.1, 0.15) is 0 Å². The van der Waals surface area contributed by atoms with Gasteiger partial charge in [-0.05, 0) is 63.6 Å². The van der Waals surface area contributed by atoms with Crippen LogP contribution in [0.15, 0.2) is 59.1 Å². The molecule has 2 atom stereocenters. The molecular weight excluding hydrogens is 409 g/mol. The van der Waals surface area contributed by atoms with Crippen molar-refractivity contribution in [1.29, 1.82) is 0 Å². The average Bonchev–Trinajstić information content (AvgIpc) is 2.55. The van der Waals surface area contributed by atoms with Crippen molar-refractivity contribution < 1.29 is 0 Å². The Labute approximate surface area is 159 Å². The van der Waals surface area contributed by atoms with E-state index in [1.165, 1.54) is 11.1 Å². The summed E-state index contributed by atoms with van der Waals surface area (Å²) in [5.41, 5.74) is 7.01. The van der Waals surface area contributed by atoms with E-state index in [4.69, 9.17) is 0 Å². The van der Waals surface area contributed by atoms with Crippen molar-refractivity contribution in [1.82, 2.24) is 15.4 Å². The number of nitrogens with zero attached hydrogens (tertiary/aromatic N) is 2. The van der Waals surface area contributed by atoms with Gasteiger partial charge in [-0.25, -0.2) is 5.01 Å². The van der Waals surface area contributed by atoms with Crippen LogP contribution in [-0.4, -0.2) is 23.6 Å². The van der Waals surface area contributed by atoms with Crippen molar-refractivity contribution >= 4 is 22.6 Å². The van der Waals surface area contributed by atoms with Gasteiger partial charge in [0, 0.05) is 26.0 Å². The van der Waals surface area contributed by atoms with Gasteiger partial charge in [-0.2, -0.15) is 0 Å². The highest BCUT2D eigenvalue weighted by Gasteiger charge is 2.15. The molecule has 0 fully saturated rings. The van der Waals surface area contributed by atoms with Crippen molar-refractivity contribution in [2.24, 2.45) is 11.8 Å². The lowest BCUT2D eigenvalue weighted by atomic mass is 9.89. The third-order valence-corrected chi connectivity index (χ3v) is 4.59. The number of hydrogen-bond acceptors (Lipinski definition) is 3. The second kappa shape index (κ2) is 9.18. The summed E-state index contributed by atoms with van der Waals surface area (Å²) >= 11 is 2.20. The summed E-state index contributed by atoms with van der Waals surface area (Å²) < 4.78 is 0.945. The Morgan fingerprint density at radius 3 is 2.46 bits per heavy atom. The SMILES string of the molecule is C=C(I)NN(C)CC(C)C(C)Cc1ccc(-c2cccnc2)cc1. The zero-order valence-electron chi connectivity index (χ0n) is 14.7. The average molecular weight is 435 g/mol. The summed E-state index contributed by atoms with van der Waals surface area (Å²) in [5.74, 6) is 1.21. The maximum absolute atomic E-state index is 4.19. The van der Waals surface area contributed by atoms with Gasteiger partial charge in [-0.1, -0.05) is 50.8 Å². The fraction of sp³-hybridized carbons (Fsp3) is 0.350. The molecule has 128 valence electrons. The molecule has 0 aliphatic carbocycles. The molecule has 1 N–H and O–H groups in total. The molecule has 1 aromatic carbocycles. The third-order valence-electron chi connectivity index (χ3n) is 4.35. The Balaban J connectivity index is 1.92. The van der Waals surface area contributed by atoms with E-state index in [0.717, 1.165) is 22.2 Å². The molecule has 2 rings (SSSR count). The number of hydrogen-bond donors (Lipinski definition) is 1. The van der Waals surface area contributed by atoms with Crippen LogP contribution in [0.5, 0.6) is 0 Å². The van der Waals surface area contributed by atoms with Crippen molar-refractivity contribution in [3.05, 3.63) is 64.6 Å². The van der Waals surface area contributed by atoms with Crippen molar-refractivity contribution in [2.45, 2.75) is 20.3 Å². The second-order valence-corrected chi connectivity index (χ2v) is 7.80. The van der Waals surface area contributed by atoms with Gasteiger partial charge in [0.25, 0.3) is 0 Å². The molecule has 2 unspecified atom stereocenters. The predicted molar refractivity (Wildman–Crippen MR) is 111 cm³/mol. The van der Waals surface area contributed by atoms with Gasteiger partial charge in [-0.15, -0.1) is 0 Å². The molecule has 1 aromatic heterocycles. The van der Waals surface area contributed by atoms with Gasteiger partial charge in [0.2, 0.25) is 0 Å². The standard InChI is InChI=1S/C20H26IN3/c1-15(16(2)14-24(4)23-17(3)21)12-18-7-9-19(10-8-18)20-6-5-11-22-13-20/h5-11,13,15-16,23H,3,12,14H2,1-2,4H3. The first-order valence-electron chi connectivity index (χ1n) is 8.27. The number of hydrazine groups is 1. The van der Waals surface area contributed by atoms with Crippen molar-refractivity contribution in [3.8, 4) is 11.1 Å². The van der Waals surface area contributed by atoms with Crippen LogP contribution in [0.1, 0.15) is 19.4 Å². The number of benzene rings is 1. The summed E-state index contributed by atoms with van der Waals surface area (Å²) in [6.07, 6.45) is 4.80. The summed E-state index contributed by atoms with van der Waals surface area (Å²) in [6.45, 7) is 9.51. The van der Waals surface area contributed by atoms with E-state index in [1.54, 1.807) is 6.20 Å². The largest absolute Gasteiger partial charge is 0.314 e. The highest BCUT2D eigenvalue weighted by Crippen LogP contribution is 2.22. The lowest BCUT2D eigenvalue weighted by Crippen LogP contribution is -2.37. The molecule has 0 spiro atoms. The van der Waals surface area contributed by atoms with E-state index in [0.29, 0.717) is 11.8 Å². The predicted octanol–water partition coefficient (Wildman–Crippen LogP) is 4.91. The molecule has 0 bridgehead atoms. The van der Waals surface area contributed by atoms with Crippen LogP contribution >= 0.6 is 22.6 Å². The molecular formula is C20H26IN3. The number of pyridine rings is 1. The van der Waals surface area contributed by atoms with E-state index in [2.05, 4.69) is 95.8 Å². The highest BCUT2D eigenvalue weighted by molar-refractivity contribution is 14.1. The minimum Gasteiger partial charge on any atom is -0.314 e. The maximum atomic E-state index is 4.19. The molecule has 0 aliphatic heterocycles. The minimum atomic E-state index is 0.594. The van der Waals surface area contributed by atoms with E-state index in [1.807, 2.05) is 12.3 Å². The van der Waals surface area contributed by atoms with Crippen molar-refractivity contribution in [2.75, 3.05) is 13.6 Å². The van der Waals surface area contributed by atoms with Gasteiger partial charge >= 0.3 is 0 Å². The quantitative estimate of drug-likeness (QED) is 0.363. The topological polar surface area (TPSA) is 28.2 Å². The van der Waals surface area contributed by atoms with E-state index in [-0.39, 0.29) is 0 Å². The Bertz CT molecular complexity index is 640. The monoisotopic (exact) mass is 435 g/mol. The summed E-state index contributed by atoms with van der Waals surface area (Å²) in [4.78, 5) is 4.19. The molecule has 24 heavy (non-hydrogen) atoms. The highest BCUT2D eigenvalue weighted by atomic mass is 127. The Morgan fingerprint density at radius 2 is 1.88 bits per heavy atom. The van der Waals surface area contributed by atoms with Crippen LogP contribution in [-0.2, 0) is 6.42 Å². The zero-order chi connectivity index (χ0) is 17.5. The number of nitrogens with one attached hydrogen (secondary N) is 1. The number of rotatable bonds is 8. The molecule has 4 heteroatoms. The number of aromatic nitrogens is 1. The van der Waals surface area contributed by atoms with Crippen LogP contribution < -0.4 is 5.43 Å². The molecule has 0 radical (unpaired) electrons. The first-order chi connectivity index (χ1) is 11.5. The second-order valence-electron chi connectivity index (χ2n) is 6.49. The Kier molecular flexibility index (Phi) is 7.24. The Hall–Kier alpha value is -1.40. The van der Waals surface area contributed by atoms with Gasteiger partial charge < -0.3 is 5.43 Å². The maximum Gasteiger partial charge on any atom is 0.0803 e. The third kappa shape index (κ3) is 5.91. The normalized spacial score (nSPS) is 13.5. The first kappa shape index (κ1) is 18.9. The number of halogens is 1. The summed E-state index contributed by atoms with van der Waals surface area (Å²) in [5, 5.41) is 2.11. The van der Waals surface area contributed by atoms with Gasteiger partial charge in [-0.3, -0.25) is 4.98 Å². The fourth-order valence-corrected chi connectivity index (χ4v) is 3.22. The zero-order valence-corrected chi connectivity index (χ0v) is 16.8. The van der Waals surface area contributed by atoms with Crippen LogP contribution in [0.4, 0.5) is 0 Å². The molecule has 3 nitrogen and oxygen atoms in total.